The minimum absolute atomic E-state index is 0.0119. The van der Waals surface area contributed by atoms with Crippen molar-refractivity contribution in [3.8, 4) is 28.7 Å². The molecule has 0 bridgehead atoms. The molecule has 2 N–H and O–H groups in total. The van der Waals surface area contributed by atoms with E-state index in [1.165, 1.54) is 24.3 Å². The number of hydrogen-bond acceptors (Lipinski definition) is 3. The van der Waals surface area contributed by atoms with Crippen LogP contribution in [0.5, 0.6) is 11.5 Å². The van der Waals surface area contributed by atoms with Crippen LogP contribution in [-0.4, -0.2) is 10.2 Å². The molecule has 2 aromatic rings. The van der Waals surface area contributed by atoms with Crippen LogP contribution in [-0.2, 0) is 0 Å². The molecule has 0 amide bonds. The number of hydrogen-bond donors (Lipinski definition) is 2. The van der Waals surface area contributed by atoms with Crippen LogP contribution < -0.4 is 0 Å². The van der Waals surface area contributed by atoms with Gasteiger partial charge >= 0.3 is 0 Å². The largest absolute Gasteiger partial charge is 0.508 e. The van der Waals surface area contributed by atoms with Crippen LogP contribution in [0.2, 0.25) is 5.02 Å². The van der Waals surface area contributed by atoms with E-state index in [1.807, 2.05) is 6.07 Å². The summed E-state index contributed by atoms with van der Waals surface area (Å²) in [5.74, 6) is -0.0191. The third-order valence-electron chi connectivity index (χ3n) is 2.22. The summed E-state index contributed by atoms with van der Waals surface area (Å²) in [4.78, 5) is 0. The zero-order chi connectivity index (χ0) is 12.4. The molecule has 0 aliphatic carbocycles. The first-order chi connectivity index (χ1) is 8.10. The number of aromatic hydroxyl groups is 2. The fraction of sp³-hybridized carbons (Fsp3) is 0. The molecule has 2 aromatic carbocycles. The van der Waals surface area contributed by atoms with Crippen molar-refractivity contribution in [3.63, 3.8) is 0 Å². The van der Waals surface area contributed by atoms with E-state index in [4.69, 9.17) is 16.9 Å². The number of halogens is 1. The summed E-state index contributed by atoms with van der Waals surface area (Å²) >= 11 is 5.82. The Bertz CT molecular complexity index is 597. The Morgan fingerprint density at radius 2 is 1.88 bits per heavy atom. The fourth-order valence-corrected chi connectivity index (χ4v) is 1.76. The summed E-state index contributed by atoms with van der Waals surface area (Å²) in [5.41, 5.74) is 1.33. The highest BCUT2D eigenvalue weighted by Crippen LogP contribution is 2.31. The van der Waals surface area contributed by atoms with Crippen LogP contribution in [0.15, 0.2) is 30.3 Å². The molecule has 0 unspecified atom stereocenters. The molecule has 0 atom stereocenters. The molecule has 3 nitrogen and oxygen atoms in total. The topological polar surface area (TPSA) is 64.2 Å². The summed E-state index contributed by atoms with van der Waals surface area (Å²) in [6.07, 6.45) is 0. The highest BCUT2D eigenvalue weighted by atomic mass is 35.5. The van der Waals surface area contributed by atoms with Gasteiger partial charge in [0, 0.05) is 10.6 Å². The molecule has 0 aliphatic rings. The summed E-state index contributed by atoms with van der Waals surface area (Å²) in [7, 11) is 0. The summed E-state index contributed by atoms with van der Waals surface area (Å²) < 4.78 is 0. The predicted octanol–water partition coefficient (Wildman–Crippen LogP) is 3.09. The Morgan fingerprint density at radius 3 is 2.53 bits per heavy atom. The van der Waals surface area contributed by atoms with E-state index in [0.29, 0.717) is 16.1 Å². The quantitative estimate of drug-likeness (QED) is 0.810. The van der Waals surface area contributed by atoms with E-state index in [0.717, 1.165) is 0 Å². The number of benzene rings is 2. The zero-order valence-corrected chi connectivity index (χ0v) is 9.36. The van der Waals surface area contributed by atoms with E-state index in [-0.39, 0.29) is 17.1 Å². The molecule has 4 heteroatoms. The maximum absolute atomic E-state index is 9.44. The van der Waals surface area contributed by atoms with Gasteiger partial charge in [-0.25, -0.2) is 0 Å². The van der Waals surface area contributed by atoms with Crippen molar-refractivity contribution in [1.29, 1.82) is 5.26 Å². The lowest BCUT2D eigenvalue weighted by Gasteiger charge is -2.05. The molecular formula is C13H7ClNO2. The normalized spacial score (nSPS) is 9.88. The minimum atomic E-state index is -0.0310. The highest BCUT2D eigenvalue weighted by Gasteiger charge is 2.08. The standard InChI is InChI=1S/C13H7ClNO2/c14-10-3-8(4-12(17)6-10)13-2-1-11(16)5-9(13)7-15/h1,3-6,16-17H. The summed E-state index contributed by atoms with van der Waals surface area (Å²) in [6.45, 7) is 0. The van der Waals surface area contributed by atoms with Crippen molar-refractivity contribution >= 4 is 11.6 Å². The number of rotatable bonds is 1. The molecule has 0 heterocycles. The van der Waals surface area contributed by atoms with Gasteiger partial charge in [-0.1, -0.05) is 11.6 Å². The predicted molar refractivity (Wildman–Crippen MR) is 63.8 cm³/mol. The van der Waals surface area contributed by atoms with E-state index in [2.05, 4.69) is 6.07 Å². The van der Waals surface area contributed by atoms with Gasteiger partial charge < -0.3 is 10.2 Å². The highest BCUT2D eigenvalue weighted by molar-refractivity contribution is 6.31. The SMILES string of the molecule is N#Cc1cc(O)c[c]c1-c1cc(O)cc(Cl)c1. The van der Waals surface area contributed by atoms with Gasteiger partial charge in [0.25, 0.3) is 0 Å². The second-order valence-electron chi connectivity index (χ2n) is 3.46. The molecule has 0 saturated carbocycles. The summed E-state index contributed by atoms with van der Waals surface area (Å²) in [6, 6.07) is 11.9. The van der Waals surface area contributed by atoms with E-state index >= 15 is 0 Å². The maximum atomic E-state index is 9.44. The lowest BCUT2D eigenvalue weighted by molar-refractivity contribution is 0.475. The van der Waals surface area contributed by atoms with Gasteiger partial charge in [-0.2, -0.15) is 5.26 Å². The number of nitriles is 1. The smallest absolute Gasteiger partial charge is 0.117 e. The number of nitrogens with zero attached hydrogens (tertiary/aromatic N) is 1. The van der Waals surface area contributed by atoms with E-state index in [1.54, 1.807) is 6.07 Å². The fourth-order valence-electron chi connectivity index (χ4n) is 1.53. The van der Waals surface area contributed by atoms with Gasteiger partial charge in [0.1, 0.15) is 11.5 Å². The molecule has 0 aromatic heterocycles. The third-order valence-corrected chi connectivity index (χ3v) is 2.44. The van der Waals surface area contributed by atoms with Gasteiger partial charge in [-0.3, -0.25) is 0 Å². The molecule has 1 radical (unpaired) electrons. The first-order valence-corrected chi connectivity index (χ1v) is 5.12. The third kappa shape index (κ3) is 2.32. The summed E-state index contributed by atoms with van der Waals surface area (Å²) in [5, 5.41) is 28.0. The van der Waals surface area contributed by atoms with E-state index < -0.39 is 0 Å². The van der Waals surface area contributed by atoms with Crippen LogP contribution in [0.3, 0.4) is 0 Å². The second kappa shape index (κ2) is 4.36. The first kappa shape index (κ1) is 11.3. The Morgan fingerprint density at radius 1 is 1.12 bits per heavy atom. The molecule has 2 rings (SSSR count). The maximum Gasteiger partial charge on any atom is 0.117 e. The molecular weight excluding hydrogens is 238 g/mol. The molecule has 0 spiro atoms. The molecule has 0 fully saturated rings. The molecule has 17 heavy (non-hydrogen) atoms. The van der Waals surface area contributed by atoms with Crippen LogP contribution in [0.25, 0.3) is 11.1 Å². The molecule has 0 saturated heterocycles. The number of phenolic OH excluding ortho intramolecular Hbond substituents is 2. The van der Waals surface area contributed by atoms with Crippen molar-refractivity contribution in [2.24, 2.45) is 0 Å². The average Bonchev–Trinajstić information content (AvgIpc) is 2.27. The van der Waals surface area contributed by atoms with Crippen molar-refractivity contribution in [2.45, 2.75) is 0 Å². The van der Waals surface area contributed by atoms with Crippen molar-refractivity contribution in [2.75, 3.05) is 0 Å². The minimum Gasteiger partial charge on any atom is -0.508 e. The monoisotopic (exact) mass is 244 g/mol. The second-order valence-corrected chi connectivity index (χ2v) is 3.89. The van der Waals surface area contributed by atoms with Crippen LogP contribution in [0.1, 0.15) is 5.56 Å². The molecule has 83 valence electrons. The van der Waals surface area contributed by atoms with Crippen LogP contribution in [0.4, 0.5) is 0 Å². The van der Waals surface area contributed by atoms with Crippen molar-refractivity contribution in [3.05, 3.63) is 47.0 Å². The Labute approximate surface area is 103 Å². The molecule has 0 aliphatic heterocycles. The first-order valence-electron chi connectivity index (χ1n) is 4.75. The van der Waals surface area contributed by atoms with Gasteiger partial charge in [0.2, 0.25) is 0 Å². The van der Waals surface area contributed by atoms with Gasteiger partial charge in [-0.05, 0) is 42.0 Å². The van der Waals surface area contributed by atoms with Crippen molar-refractivity contribution in [1.82, 2.24) is 0 Å². The van der Waals surface area contributed by atoms with Crippen molar-refractivity contribution < 1.29 is 10.2 Å². The average molecular weight is 245 g/mol. The zero-order valence-electron chi connectivity index (χ0n) is 8.61. The Kier molecular flexibility index (Phi) is 2.90. The van der Waals surface area contributed by atoms with Crippen LogP contribution >= 0.6 is 11.6 Å². The van der Waals surface area contributed by atoms with Crippen LogP contribution in [0, 0.1) is 17.4 Å². The van der Waals surface area contributed by atoms with E-state index in [9.17, 15) is 10.2 Å². The number of phenols is 2. The Hall–Kier alpha value is -2.18. The lowest BCUT2D eigenvalue weighted by Crippen LogP contribution is -1.85. The van der Waals surface area contributed by atoms with Gasteiger partial charge in [0.05, 0.1) is 11.6 Å². The Balaban J connectivity index is 2.64. The lowest BCUT2D eigenvalue weighted by atomic mass is 10.00. The van der Waals surface area contributed by atoms with Gasteiger partial charge in [0.15, 0.2) is 0 Å². The van der Waals surface area contributed by atoms with Gasteiger partial charge in [-0.15, -0.1) is 0 Å².